The van der Waals surface area contributed by atoms with E-state index in [9.17, 15) is 4.79 Å². The first-order valence-corrected chi connectivity index (χ1v) is 9.89. The van der Waals surface area contributed by atoms with Crippen LogP contribution >= 0.6 is 11.6 Å². The predicted molar refractivity (Wildman–Crippen MR) is 111 cm³/mol. The van der Waals surface area contributed by atoms with Gasteiger partial charge in [-0.05, 0) is 62.8 Å². The van der Waals surface area contributed by atoms with Crippen LogP contribution in [0.25, 0.3) is 0 Å². The minimum Gasteiger partial charge on any atom is -0.434 e. The van der Waals surface area contributed by atoms with E-state index in [1.807, 2.05) is 39.0 Å². The number of esters is 1. The lowest BCUT2D eigenvalue weighted by Crippen LogP contribution is -2.11. The summed E-state index contributed by atoms with van der Waals surface area (Å²) in [7, 11) is 0. The van der Waals surface area contributed by atoms with Crippen LogP contribution in [0.5, 0.6) is 17.4 Å². The summed E-state index contributed by atoms with van der Waals surface area (Å²) in [6.07, 6.45) is 2.28. The lowest BCUT2D eigenvalue weighted by Gasteiger charge is -2.15. The molecule has 1 heterocycles. The molecule has 0 atom stereocenters. The quantitative estimate of drug-likeness (QED) is 0.488. The van der Waals surface area contributed by atoms with Crippen molar-refractivity contribution >= 4 is 17.6 Å². The molecule has 5 nitrogen and oxygen atoms in total. The highest BCUT2D eigenvalue weighted by Gasteiger charge is 2.28. The fourth-order valence-corrected chi connectivity index (χ4v) is 3.50. The highest BCUT2D eigenvalue weighted by Crippen LogP contribution is 2.46. The number of carbonyl (C=O) groups is 1. The van der Waals surface area contributed by atoms with Crippen LogP contribution in [0.3, 0.4) is 0 Å². The second-order valence-electron chi connectivity index (χ2n) is 7.47. The number of aromatic nitrogens is 2. The standard InChI is InChI=1S/C23H21ClN2O3/c1-13-9-14(2)11-17(10-13)23(27)28-19-12-20(24)25-26-22(19)29-21-15(3)5-4-6-18(21)16-7-8-16/h4-6,9-12,16H,7-8H2,1-3H3. The van der Waals surface area contributed by atoms with Crippen LogP contribution < -0.4 is 9.47 Å². The van der Waals surface area contributed by atoms with Crippen LogP contribution in [-0.2, 0) is 0 Å². The van der Waals surface area contributed by atoms with Gasteiger partial charge in [0, 0.05) is 6.07 Å². The molecular weight excluding hydrogens is 388 g/mol. The molecule has 6 heteroatoms. The van der Waals surface area contributed by atoms with Crippen molar-refractivity contribution in [1.29, 1.82) is 0 Å². The maximum Gasteiger partial charge on any atom is 0.343 e. The number of halogens is 1. The monoisotopic (exact) mass is 408 g/mol. The molecule has 0 aliphatic heterocycles. The summed E-state index contributed by atoms with van der Waals surface area (Å²) in [6.45, 7) is 5.84. The number of nitrogens with zero attached hydrogens (tertiary/aromatic N) is 2. The average molecular weight is 409 g/mol. The van der Waals surface area contributed by atoms with Crippen LogP contribution in [0.4, 0.5) is 0 Å². The van der Waals surface area contributed by atoms with Gasteiger partial charge in [0.15, 0.2) is 10.9 Å². The third-order valence-electron chi connectivity index (χ3n) is 4.82. The smallest absolute Gasteiger partial charge is 0.343 e. The van der Waals surface area contributed by atoms with Crippen LogP contribution in [0.1, 0.15) is 51.4 Å². The number of hydrogen-bond acceptors (Lipinski definition) is 5. The Balaban J connectivity index is 1.66. The third kappa shape index (κ3) is 4.40. The van der Waals surface area contributed by atoms with E-state index in [0.29, 0.717) is 11.5 Å². The van der Waals surface area contributed by atoms with Crippen molar-refractivity contribution in [3.63, 3.8) is 0 Å². The Labute approximate surface area is 174 Å². The van der Waals surface area contributed by atoms with E-state index in [1.54, 1.807) is 12.1 Å². The molecule has 1 fully saturated rings. The molecule has 0 amide bonds. The van der Waals surface area contributed by atoms with Crippen molar-refractivity contribution in [3.8, 4) is 17.4 Å². The highest BCUT2D eigenvalue weighted by molar-refractivity contribution is 6.29. The Morgan fingerprint density at radius 2 is 1.76 bits per heavy atom. The van der Waals surface area contributed by atoms with Gasteiger partial charge >= 0.3 is 5.97 Å². The molecule has 0 N–H and O–H groups in total. The summed E-state index contributed by atoms with van der Waals surface area (Å²) in [5, 5.41) is 8.02. The minimum atomic E-state index is -0.502. The largest absolute Gasteiger partial charge is 0.434 e. The maximum atomic E-state index is 12.7. The molecule has 0 spiro atoms. The number of benzene rings is 2. The number of aryl methyl sites for hydroxylation is 3. The van der Waals surface area contributed by atoms with E-state index in [-0.39, 0.29) is 16.8 Å². The van der Waals surface area contributed by atoms with Crippen molar-refractivity contribution < 1.29 is 14.3 Å². The number of ether oxygens (including phenoxy) is 2. The molecule has 2 aromatic carbocycles. The molecule has 29 heavy (non-hydrogen) atoms. The minimum absolute atomic E-state index is 0.114. The first-order valence-electron chi connectivity index (χ1n) is 9.52. The molecule has 0 saturated heterocycles. The first kappa shape index (κ1) is 19.4. The fraction of sp³-hybridized carbons (Fsp3) is 0.261. The summed E-state index contributed by atoms with van der Waals surface area (Å²) in [5.41, 5.74) is 4.53. The first-order chi connectivity index (χ1) is 13.9. The van der Waals surface area contributed by atoms with Gasteiger partial charge in [0.05, 0.1) is 5.56 Å². The van der Waals surface area contributed by atoms with Gasteiger partial charge in [-0.3, -0.25) is 0 Å². The van der Waals surface area contributed by atoms with Crippen molar-refractivity contribution in [1.82, 2.24) is 10.2 Å². The second kappa shape index (κ2) is 7.84. The van der Waals surface area contributed by atoms with Gasteiger partial charge in [0.1, 0.15) is 5.75 Å². The van der Waals surface area contributed by atoms with Crippen LogP contribution in [0, 0.1) is 20.8 Å². The molecule has 148 valence electrons. The number of para-hydroxylation sites is 1. The van der Waals surface area contributed by atoms with Gasteiger partial charge in [-0.1, -0.05) is 47.0 Å². The normalized spacial score (nSPS) is 13.2. The maximum absolute atomic E-state index is 12.7. The van der Waals surface area contributed by atoms with E-state index in [0.717, 1.165) is 40.8 Å². The number of rotatable bonds is 5. The third-order valence-corrected chi connectivity index (χ3v) is 5.00. The van der Waals surface area contributed by atoms with E-state index in [1.165, 1.54) is 6.07 Å². The van der Waals surface area contributed by atoms with E-state index < -0.39 is 5.97 Å². The van der Waals surface area contributed by atoms with Crippen LogP contribution in [0.2, 0.25) is 5.15 Å². The van der Waals surface area contributed by atoms with Gasteiger partial charge in [-0.2, -0.15) is 0 Å². The molecule has 3 aromatic rings. The molecule has 4 rings (SSSR count). The Bertz CT molecular complexity index is 1070. The fourth-order valence-electron chi connectivity index (χ4n) is 3.36. The van der Waals surface area contributed by atoms with E-state index >= 15 is 0 Å². The van der Waals surface area contributed by atoms with Crippen LogP contribution in [-0.4, -0.2) is 16.2 Å². The number of hydrogen-bond donors (Lipinski definition) is 0. The molecule has 0 radical (unpaired) electrons. The molecule has 1 saturated carbocycles. The van der Waals surface area contributed by atoms with Crippen LogP contribution in [0.15, 0.2) is 42.5 Å². The lowest BCUT2D eigenvalue weighted by atomic mass is 10.1. The van der Waals surface area contributed by atoms with Crippen molar-refractivity contribution in [2.75, 3.05) is 0 Å². The van der Waals surface area contributed by atoms with Gasteiger partial charge in [-0.15, -0.1) is 10.2 Å². The Hall–Kier alpha value is -2.92. The zero-order valence-corrected chi connectivity index (χ0v) is 17.3. The summed E-state index contributed by atoms with van der Waals surface area (Å²) in [4.78, 5) is 12.7. The average Bonchev–Trinajstić information content (AvgIpc) is 3.49. The second-order valence-corrected chi connectivity index (χ2v) is 7.86. The van der Waals surface area contributed by atoms with Gasteiger partial charge < -0.3 is 9.47 Å². The van der Waals surface area contributed by atoms with Gasteiger partial charge in [0.25, 0.3) is 5.88 Å². The Morgan fingerprint density at radius 3 is 2.45 bits per heavy atom. The van der Waals surface area contributed by atoms with Crippen molar-refractivity contribution in [2.45, 2.75) is 39.5 Å². The zero-order chi connectivity index (χ0) is 20.5. The summed E-state index contributed by atoms with van der Waals surface area (Å²) < 4.78 is 11.7. The summed E-state index contributed by atoms with van der Waals surface area (Å²) in [6, 6.07) is 13.0. The molecule has 0 unspecified atom stereocenters. The van der Waals surface area contributed by atoms with Gasteiger partial charge in [0.2, 0.25) is 0 Å². The summed E-state index contributed by atoms with van der Waals surface area (Å²) >= 11 is 6.00. The zero-order valence-electron chi connectivity index (χ0n) is 16.5. The molecule has 1 aliphatic carbocycles. The molecule has 1 aromatic heterocycles. The molecule has 1 aliphatic rings. The molecule has 0 bridgehead atoms. The van der Waals surface area contributed by atoms with Crippen molar-refractivity contribution in [2.24, 2.45) is 0 Å². The topological polar surface area (TPSA) is 61.3 Å². The van der Waals surface area contributed by atoms with E-state index in [4.69, 9.17) is 21.1 Å². The molecular formula is C23H21ClN2O3. The SMILES string of the molecule is Cc1cc(C)cc(C(=O)Oc2cc(Cl)nnc2Oc2c(C)cccc2C2CC2)c1. The highest BCUT2D eigenvalue weighted by atomic mass is 35.5. The lowest BCUT2D eigenvalue weighted by molar-refractivity contribution is 0.0729. The summed E-state index contributed by atoms with van der Waals surface area (Å²) in [5.74, 6) is 0.974. The van der Waals surface area contributed by atoms with Crippen molar-refractivity contribution in [3.05, 3.63) is 75.4 Å². The van der Waals surface area contributed by atoms with E-state index in [2.05, 4.69) is 16.3 Å². The Morgan fingerprint density at radius 1 is 1.03 bits per heavy atom. The number of carbonyl (C=O) groups excluding carboxylic acids is 1. The predicted octanol–water partition coefficient (Wildman–Crippen LogP) is 5.94. The Kier molecular flexibility index (Phi) is 5.24. The van der Waals surface area contributed by atoms with Gasteiger partial charge in [-0.25, -0.2) is 4.79 Å².